The Morgan fingerprint density at radius 1 is 1.32 bits per heavy atom. The van der Waals surface area contributed by atoms with Crippen molar-refractivity contribution in [3.05, 3.63) is 37.8 Å². The number of nitrogens with zero attached hydrogens (tertiary/aromatic N) is 3. The number of nitrogen functional groups attached to an aromatic ring is 1. The minimum atomic E-state index is -0.600. The van der Waals surface area contributed by atoms with Gasteiger partial charge in [-0.2, -0.15) is 0 Å². The summed E-state index contributed by atoms with van der Waals surface area (Å²) >= 11 is 3.54. The first-order chi connectivity index (χ1) is 13.5. The molecule has 0 bridgehead atoms. The maximum Gasteiger partial charge on any atom is 0.277 e. The smallest absolute Gasteiger partial charge is 0.277 e. The van der Waals surface area contributed by atoms with Crippen molar-refractivity contribution < 1.29 is 9.59 Å². The number of carbonyl (C=O) groups is 2. The zero-order valence-electron chi connectivity index (χ0n) is 14.5. The van der Waals surface area contributed by atoms with Crippen LogP contribution in [0, 0.1) is 0 Å². The number of aryl methyl sites for hydroxylation is 1. The van der Waals surface area contributed by atoms with Crippen LogP contribution in [0.25, 0.3) is 0 Å². The van der Waals surface area contributed by atoms with Gasteiger partial charge in [-0.05, 0) is 17.9 Å². The maximum atomic E-state index is 12.2. The van der Waals surface area contributed by atoms with E-state index in [9.17, 15) is 14.4 Å². The summed E-state index contributed by atoms with van der Waals surface area (Å²) in [5.41, 5.74) is 5.07. The number of thioether (sulfide) groups is 1. The van der Waals surface area contributed by atoms with Crippen molar-refractivity contribution in [2.45, 2.75) is 18.5 Å². The molecule has 0 aromatic carbocycles. The van der Waals surface area contributed by atoms with Crippen LogP contribution < -0.4 is 21.9 Å². The van der Waals surface area contributed by atoms with Gasteiger partial charge in [0.05, 0.1) is 10.6 Å². The Bertz CT molecular complexity index is 1050. The van der Waals surface area contributed by atoms with Gasteiger partial charge < -0.3 is 11.1 Å². The lowest BCUT2D eigenvalue weighted by Crippen LogP contribution is -2.23. The van der Waals surface area contributed by atoms with E-state index >= 15 is 0 Å². The fraction of sp³-hybridized carbons (Fsp3) is 0.200. The van der Waals surface area contributed by atoms with Gasteiger partial charge in [0.15, 0.2) is 16.7 Å². The number of hydrogen-bond acceptors (Lipinski definition) is 10. The van der Waals surface area contributed by atoms with Crippen molar-refractivity contribution in [2.24, 2.45) is 0 Å². The van der Waals surface area contributed by atoms with Crippen LogP contribution >= 0.6 is 34.4 Å². The molecule has 0 unspecified atom stereocenters. The van der Waals surface area contributed by atoms with Crippen LogP contribution in [-0.4, -0.2) is 37.7 Å². The average molecular weight is 438 g/mol. The standard InChI is InChI=1S/C15H15N7O3S3/c1-2-9-21-22-15(28-9)17-8(23)6-27-14-19-11(16)10(13(25)20-14)18-12(24)7-4-3-5-26-7/h3-5H,2,6H2,1H3,(H,18,24)(H,17,22,23)(H3,16,19,20,25). The SMILES string of the molecule is CCc1nnc(NC(=O)CSc2nc(N)c(NC(=O)c3cccs3)c(=O)[nH]2)s1. The van der Waals surface area contributed by atoms with E-state index < -0.39 is 11.5 Å². The second-order valence-electron chi connectivity index (χ2n) is 5.25. The van der Waals surface area contributed by atoms with Crippen LogP contribution in [0.4, 0.5) is 16.6 Å². The molecule has 0 aliphatic rings. The molecule has 0 aliphatic heterocycles. The summed E-state index contributed by atoms with van der Waals surface area (Å²) in [5, 5.41) is 16.0. The predicted molar refractivity (Wildman–Crippen MR) is 110 cm³/mol. The zero-order chi connectivity index (χ0) is 20.1. The number of nitrogens with one attached hydrogen (secondary N) is 3. The van der Waals surface area contributed by atoms with Crippen LogP contribution in [0.15, 0.2) is 27.5 Å². The number of aromatic nitrogens is 4. The molecule has 0 saturated heterocycles. The highest BCUT2D eigenvalue weighted by Crippen LogP contribution is 2.19. The van der Waals surface area contributed by atoms with Crippen molar-refractivity contribution in [2.75, 3.05) is 22.1 Å². The molecular weight excluding hydrogens is 422 g/mol. The third-order valence-corrected chi connectivity index (χ3v) is 5.99. The number of nitrogens with two attached hydrogens (primary N) is 1. The van der Waals surface area contributed by atoms with Crippen LogP contribution in [0.5, 0.6) is 0 Å². The lowest BCUT2D eigenvalue weighted by molar-refractivity contribution is -0.113. The molecule has 146 valence electrons. The van der Waals surface area contributed by atoms with Crippen LogP contribution in [0.1, 0.15) is 21.6 Å². The highest BCUT2D eigenvalue weighted by Gasteiger charge is 2.15. The fourth-order valence-corrected chi connectivity index (χ4v) is 3.96. The molecule has 0 fully saturated rings. The average Bonchev–Trinajstić information content (AvgIpc) is 3.34. The second-order valence-corrected chi connectivity index (χ2v) is 8.23. The van der Waals surface area contributed by atoms with Gasteiger partial charge in [-0.1, -0.05) is 36.1 Å². The fourth-order valence-electron chi connectivity index (χ4n) is 1.98. The number of carbonyl (C=O) groups excluding carboxylic acids is 2. The summed E-state index contributed by atoms with van der Waals surface area (Å²) < 4.78 is 0. The second kappa shape index (κ2) is 8.95. The summed E-state index contributed by atoms with van der Waals surface area (Å²) in [5.74, 6) is -0.907. The van der Waals surface area contributed by atoms with E-state index in [0.717, 1.165) is 23.2 Å². The van der Waals surface area contributed by atoms with Gasteiger partial charge in [-0.15, -0.1) is 21.5 Å². The highest BCUT2D eigenvalue weighted by molar-refractivity contribution is 7.99. The summed E-state index contributed by atoms with van der Waals surface area (Å²) in [7, 11) is 0. The molecule has 3 rings (SSSR count). The van der Waals surface area contributed by atoms with Crippen LogP contribution in [0.3, 0.4) is 0 Å². The van der Waals surface area contributed by atoms with E-state index in [0.29, 0.717) is 10.0 Å². The maximum absolute atomic E-state index is 12.2. The quantitative estimate of drug-likeness (QED) is 0.322. The molecule has 10 nitrogen and oxygen atoms in total. The van der Waals surface area contributed by atoms with Crippen molar-refractivity contribution in [3.8, 4) is 0 Å². The first-order valence-electron chi connectivity index (χ1n) is 7.96. The van der Waals surface area contributed by atoms with Gasteiger partial charge in [-0.3, -0.25) is 24.7 Å². The normalized spacial score (nSPS) is 10.6. The van der Waals surface area contributed by atoms with Crippen molar-refractivity contribution in [3.63, 3.8) is 0 Å². The number of rotatable bonds is 7. The topological polar surface area (TPSA) is 156 Å². The molecule has 0 radical (unpaired) electrons. The van der Waals surface area contributed by atoms with E-state index in [2.05, 4.69) is 30.8 Å². The Hall–Kier alpha value is -2.77. The van der Waals surface area contributed by atoms with E-state index in [1.54, 1.807) is 17.5 Å². The molecule has 0 saturated carbocycles. The van der Waals surface area contributed by atoms with Gasteiger partial charge in [0.1, 0.15) is 5.01 Å². The number of thiophene rings is 1. The monoisotopic (exact) mass is 437 g/mol. The molecule has 3 heterocycles. The molecule has 0 aliphatic carbocycles. The van der Waals surface area contributed by atoms with E-state index in [-0.39, 0.29) is 28.3 Å². The number of H-pyrrole nitrogens is 1. The third-order valence-electron chi connectivity index (χ3n) is 3.26. The summed E-state index contributed by atoms with van der Waals surface area (Å²) in [6, 6.07) is 3.35. The van der Waals surface area contributed by atoms with Gasteiger partial charge in [0.25, 0.3) is 11.5 Å². The number of amides is 2. The van der Waals surface area contributed by atoms with Crippen molar-refractivity contribution in [1.82, 2.24) is 20.2 Å². The molecule has 3 aromatic rings. The number of hydrogen-bond donors (Lipinski definition) is 4. The van der Waals surface area contributed by atoms with E-state index in [1.165, 1.54) is 22.7 Å². The zero-order valence-corrected chi connectivity index (χ0v) is 17.0. The Morgan fingerprint density at radius 2 is 2.14 bits per heavy atom. The van der Waals surface area contributed by atoms with Crippen molar-refractivity contribution >= 4 is 62.9 Å². The molecule has 3 aromatic heterocycles. The Balaban J connectivity index is 1.61. The first-order valence-corrected chi connectivity index (χ1v) is 10.6. The molecule has 28 heavy (non-hydrogen) atoms. The van der Waals surface area contributed by atoms with Crippen LogP contribution in [-0.2, 0) is 11.2 Å². The van der Waals surface area contributed by atoms with Gasteiger partial charge in [0.2, 0.25) is 11.0 Å². The molecule has 0 spiro atoms. The Labute approximate surface area is 171 Å². The first kappa shape index (κ1) is 20.0. The van der Waals surface area contributed by atoms with E-state index in [1.807, 2.05) is 6.92 Å². The Kier molecular flexibility index (Phi) is 6.38. The summed E-state index contributed by atoms with van der Waals surface area (Å²) in [4.78, 5) is 43.3. The molecular formula is C15H15N7O3S3. The molecule has 0 atom stereocenters. The lowest BCUT2D eigenvalue weighted by atomic mass is 10.4. The summed E-state index contributed by atoms with van der Waals surface area (Å²) in [6.07, 6.45) is 0.738. The van der Waals surface area contributed by atoms with Gasteiger partial charge >= 0.3 is 0 Å². The van der Waals surface area contributed by atoms with Gasteiger partial charge in [-0.25, -0.2) is 4.98 Å². The number of anilines is 3. The number of aromatic amines is 1. The summed E-state index contributed by atoms with van der Waals surface area (Å²) in [6.45, 7) is 1.95. The molecule has 2 amide bonds. The Morgan fingerprint density at radius 3 is 2.79 bits per heavy atom. The molecule has 5 N–H and O–H groups in total. The lowest BCUT2D eigenvalue weighted by Gasteiger charge is -2.07. The highest BCUT2D eigenvalue weighted by atomic mass is 32.2. The predicted octanol–water partition coefficient (Wildman–Crippen LogP) is 1.81. The van der Waals surface area contributed by atoms with Crippen LogP contribution in [0.2, 0.25) is 0 Å². The van der Waals surface area contributed by atoms with Gasteiger partial charge in [0, 0.05) is 0 Å². The minimum Gasteiger partial charge on any atom is -0.382 e. The minimum absolute atomic E-state index is 0.00960. The third kappa shape index (κ3) is 4.94. The largest absolute Gasteiger partial charge is 0.382 e. The van der Waals surface area contributed by atoms with Crippen molar-refractivity contribution in [1.29, 1.82) is 0 Å². The molecule has 13 heteroatoms. The van der Waals surface area contributed by atoms with E-state index in [4.69, 9.17) is 5.73 Å².